The second kappa shape index (κ2) is 5.40. The number of hydrogen-bond acceptors (Lipinski definition) is 4. The standard InChI is InChI=1S/C13H9ClN2O2S2/c14-7-2-1-3-8(6-7)20-10-9-4-5-19-12(9)16-11(10)18-13(15)17/h1-6,16H,(H2,15,17). The number of ether oxygens (including phenoxy) is 1. The molecule has 0 aliphatic carbocycles. The van der Waals surface area contributed by atoms with Crippen molar-refractivity contribution in [3.05, 3.63) is 40.7 Å². The molecule has 0 aliphatic heterocycles. The van der Waals surface area contributed by atoms with Gasteiger partial charge in [-0.2, -0.15) is 0 Å². The quantitative estimate of drug-likeness (QED) is 0.745. The molecule has 0 radical (unpaired) electrons. The van der Waals surface area contributed by atoms with Gasteiger partial charge in [-0.3, -0.25) is 0 Å². The van der Waals surface area contributed by atoms with E-state index in [1.807, 2.05) is 35.7 Å². The number of aromatic nitrogens is 1. The third-order valence-corrected chi connectivity index (χ3v) is 4.73. The number of H-pyrrole nitrogens is 1. The lowest BCUT2D eigenvalue weighted by molar-refractivity contribution is 0.208. The first-order valence-corrected chi connectivity index (χ1v) is 7.71. The zero-order chi connectivity index (χ0) is 14.1. The predicted octanol–water partition coefficient (Wildman–Crippen LogP) is 4.49. The molecule has 0 fully saturated rings. The molecule has 0 saturated carbocycles. The topological polar surface area (TPSA) is 68.1 Å². The second-order valence-corrected chi connectivity index (χ2v) is 6.36. The van der Waals surface area contributed by atoms with Crippen LogP contribution < -0.4 is 10.5 Å². The van der Waals surface area contributed by atoms with Crippen molar-refractivity contribution in [1.29, 1.82) is 0 Å². The number of fused-ring (bicyclic) bond motifs is 1. The maximum atomic E-state index is 11.0. The maximum absolute atomic E-state index is 11.0. The molecule has 102 valence electrons. The molecule has 20 heavy (non-hydrogen) atoms. The number of carbonyl (C=O) groups is 1. The fraction of sp³-hybridized carbons (Fsp3) is 0. The van der Waals surface area contributed by atoms with E-state index in [0.29, 0.717) is 10.9 Å². The molecule has 0 atom stereocenters. The van der Waals surface area contributed by atoms with Crippen molar-refractivity contribution < 1.29 is 9.53 Å². The monoisotopic (exact) mass is 324 g/mol. The average Bonchev–Trinajstić information content (AvgIpc) is 2.93. The van der Waals surface area contributed by atoms with Crippen LogP contribution in [0.2, 0.25) is 5.02 Å². The molecule has 7 heteroatoms. The summed E-state index contributed by atoms with van der Waals surface area (Å²) in [4.78, 5) is 16.7. The minimum atomic E-state index is -0.841. The highest BCUT2D eigenvalue weighted by Crippen LogP contribution is 2.42. The summed E-state index contributed by atoms with van der Waals surface area (Å²) >= 11 is 8.99. The van der Waals surface area contributed by atoms with E-state index in [1.54, 1.807) is 0 Å². The van der Waals surface area contributed by atoms with Crippen molar-refractivity contribution in [1.82, 2.24) is 4.98 Å². The van der Waals surface area contributed by atoms with Crippen molar-refractivity contribution in [2.75, 3.05) is 0 Å². The Kier molecular flexibility index (Phi) is 3.60. The highest BCUT2D eigenvalue weighted by Gasteiger charge is 2.17. The normalized spacial score (nSPS) is 10.8. The Morgan fingerprint density at radius 1 is 1.40 bits per heavy atom. The summed E-state index contributed by atoms with van der Waals surface area (Å²) in [6.07, 6.45) is -0.841. The molecule has 0 saturated heterocycles. The van der Waals surface area contributed by atoms with Gasteiger partial charge in [0.2, 0.25) is 5.88 Å². The number of aromatic amines is 1. The van der Waals surface area contributed by atoms with Gasteiger partial charge in [0.15, 0.2) is 0 Å². The van der Waals surface area contributed by atoms with Crippen molar-refractivity contribution in [2.24, 2.45) is 5.73 Å². The van der Waals surface area contributed by atoms with Gasteiger partial charge in [-0.05, 0) is 29.6 Å². The van der Waals surface area contributed by atoms with Crippen LogP contribution in [0.1, 0.15) is 0 Å². The lowest BCUT2D eigenvalue weighted by atomic mass is 10.4. The summed E-state index contributed by atoms with van der Waals surface area (Å²) in [7, 11) is 0. The van der Waals surface area contributed by atoms with E-state index in [9.17, 15) is 4.79 Å². The van der Waals surface area contributed by atoms with Gasteiger partial charge in [0.25, 0.3) is 0 Å². The number of thiophene rings is 1. The van der Waals surface area contributed by atoms with E-state index in [0.717, 1.165) is 20.0 Å². The van der Waals surface area contributed by atoms with Gasteiger partial charge in [-0.25, -0.2) is 4.79 Å². The number of benzene rings is 1. The number of rotatable bonds is 3. The molecule has 0 bridgehead atoms. The van der Waals surface area contributed by atoms with Crippen molar-refractivity contribution in [2.45, 2.75) is 9.79 Å². The molecule has 3 rings (SSSR count). The molecular weight excluding hydrogens is 316 g/mol. The van der Waals surface area contributed by atoms with Crippen LogP contribution in [-0.4, -0.2) is 11.1 Å². The SMILES string of the molecule is NC(=O)Oc1[nH]c2sccc2c1Sc1cccc(Cl)c1. The minimum Gasteiger partial charge on any atom is -0.392 e. The Labute approximate surface area is 127 Å². The fourth-order valence-electron chi connectivity index (χ4n) is 1.79. The van der Waals surface area contributed by atoms with E-state index in [2.05, 4.69) is 4.98 Å². The zero-order valence-corrected chi connectivity index (χ0v) is 12.4. The molecule has 1 aromatic carbocycles. The number of nitrogens with one attached hydrogen (secondary N) is 1. The zero-order valence-electron chi connectivity index (χ0n) is 10.1. The molecule has 4 nitrogen and oxygen atoms in total. The van der Waals surface area contributed by atoms with E-state index in [4.69, 9.17) is 22.1 Å². The third kappa shape index (κ3) is 2.63. The van der Waals surface area contributed by atoms with Gasteiger partial charge in [-0.1, -0.05) is 29.4 Å². The highest BCUT2D eigenvalue weighted by atomic mass is 35.5. The Hall–Kier alpha value is -1.63. The van der Waals surface area contributed by atoms with Gasteiger partial charge in [0.05, 0.1) is 4.90 Å². The van der Waals surface area contributed by atoms with Gasteiger partial charge in [0.1, 0.15) is 4.83 Å². The molecule has 3 aromatic rings. The summed E-state index contributed by atoms with van der Waals surface area (Å²) in [6.45, 7) is 0. The number of hydrogen-bond donors (Lipinski definition) is 2. The molecular formula is C13H9ClN2O2S2. The number of halogens is 1. The summed E-state index contributed by atoms with van der Waals surface area (Å²) in [5.41, 5.74) is 5.09. The first kappa shape index (κ1) is 13.4. The van der Waals surface area contributed by atoms with E-state index >= 15 is 0 Å². The van der Waals surface area contributed by atoms with E-state index < -0.39 is 6.09 Å². The van der Waals surface area contributed by atoms with Gasteiger partial charge < -0.3 is 15.5 Å². The van der Waals surface area contributed by atoms with E-state index in [-0.39, 0.29) is 0 Å². The maximum Gasteiger partial charge on any atom is 0.411 e. The van der Waals surface area contributed by atoms with E-state index in [1.165, 1.54) is 23.1 Å². The second-order valence-electron chi connectivity index (χ2n) is 3.93. The van der Waals surface area contributed by atoms with Crippen LogP contribution in [0.25, 0.3) is 10.2 Å². The molecule has 0 aliphatic rings. The van der Waals surface area contributed by atoms with Crippen molar-refractivity contribution in [3.63, 3.8) is 0 Å². The molecule has 0 unspecified atom stereocenters. The number of amides is 1. The summed E-state index contributed by atoms with van der Waals surface area (Å²) in [5, 5.41) is 3.62. The Bertz CT molecular complexity index is 782. The number of primary amides is 1. The molecule has 2 aromatic heterocycles. The van der Waals surface area contributed by atoms with Crippen LogP contribution in [0.15, 0.2) is 45.5 Å². The van der Waals surface area contributed by atoms with Crippen LogP contribution in [0.4, 0.5) is 4.79 Å². The van der Waals surface area contributed by atoms with Crippen molar-refractivity contribution >= 4 is 51.0 Å². The minimum absolute atomic E-state index is 0.365. The smallest absolute Gasteiger partial charge is 0.392 e. The Morgan fingerprint density at radius 3 is 3.00 bits per heavy atom. The Morgan fingerprint density at radius 2 is 2.25 bits per heavy atom. The van der Waals surface area contributed by atoms with Crippen LogP contribution in [0.3, 0.4) is 0 Å². The highest BCUT2D eigenvalue weighted by molar-refractivity contribution is 7.99. The predicted molar refractivity (Wildman–Crippen MR) is 82.0 cm³/mol. The van der Waals surface area contributed by atoms with Gasteiger partial charge in [0, 0.05) is 15.3 Å². The summed E-state index contributed by atoms with van der Waals surface area (Å²) < 4.78 is 5.03. The largest absolute Gasteiger partial charge is 0.411 e. The lowest BCUT2D eigenvalue weighted by Gasteiger charge is -2.04. The third-order valence-electron chi connectivity index (χ3n) is 2.56. The lowest BCUT2D eigenvalue weighted by Crippen LogP contribution is -2.16. The van der Waals surface area contributed by atoms with Crippen LogP contribution in [-0.2, 0) is 0 Å². The summed E-state index contributed by atoms with van der Waals surface area (Å²) in [5.74, 6) is 0.365. The van der Waals surface area contributed by atoms with Crippen molar-refractivity contribution in [3.8, 4) is 5.88 Å². The Balaban J connectivity index is 2.03. The first-order chi connectivity index (χ1) is 9.63. The molecule has 0 spiro atoms. The first-order valence-electron chi connectivity index (χ1n) is 5.63. The molecule has 3 N–H and O–H groups in total. The number of carbonyl (C=O) groups excluding carboxylic acids is 1. The van der Waals surface area contributed by atoms with Crippen LogP contribution >= 0.6 is 34.7 Å². The van der Waals surface area contributed by atoms with Crippen LogP contribution in [0.5, 0.6) is 5.88 Å². The van der Waals surface area contributed by atoms with Gasteiger partial charge in [-0.15, -0.1) is 11.3 Å². The van der Waals surface area contributed by atoms with Gasteiger partial charge >= 0.3 is 6.09 Å². The number of nitrogens with two attached hydrogens (primary N) is 1. The van der Waals surface area contributed by atoms with Crippen LogP contribution in [0, 0.1) is 0 Å². The molecule has 1 amide bonds. The molecule has 2 heterocycles. The fourth-order valence-corrected chi connectivity index (χ4v) is 3.93. The average molecular weight is 325 g/mol. The summed E-state index contributed by atoms with van der Waals surface area (Å²) in [6, 6.07) is 9.44.